The number of thiazole rings is 1. The molecular formula is C23H23N3OS. The van der Waals surface area contributed by atoms with Crippen LogP contribution in [0.25, 0.3) is 16.2 Å². The fourth-order valence-electron chi connectivity index (χ4n) is 3.32. The Morgan fingerprint density at radius 1 is 1.14 bits per heavy atom. The molecule has 0 N–H and O–H groups in total. The first-order valence-electron chi connectivity index (χ1n) is 9.36. The van der Waals surface area contributed by atoms with Gasteiger partial charge in [-0.2, -0.15) is 0 Å². The van der Waals surface area contributed by atoms with Crippen molar-refractivity contribution in [2.75, 3.05) is 13.6 Å². The molecule has 0 bridgehead atoms. The van der Waals surface area contributed by atoms with Gasteiger partial charge in [0.25, 0.3) is 5.91 Å². The highest BCUT2D eigenvalue weighted by Crippen LogP contribution is 2.27. The summed E-state index contributed by atoms with van der Waals surface area (Å²) in [6.45, 7) is 4.85. The predicted octanol–water partition coefficient (Wildman–Crippen LogP) is 4.99. The lowest BCUT2D eigenvalue weighted by atomic mass is 10.0. The maximum atomic E-state index is 13.0. The number of nitrogens with zero attached hydrogens (tertiary/aromatic N) is 3. The van der Waals surface area contributed by atoms with Gasteiger partial charge in [0.2, 0.25) is 0 Å². The molecule has 28 heavy (non-hydrogen) atoms. The van der Waals surface area contributed by atoms with E-state index in [9.17, 15) is 4.79 Å². The summed E-state index contributed by atoms with van der Waals surface area (Å²) in [5.74, 6) is 0.0205. The van der Waals surface area contributed by atoms with E-state index in [1.807, 2.05) is 41.2 Å². The van der Waals surface area contributed by atoms with Crippen molar-refractivity contribution in [3.05, 3.63) is 82.5 Å². The summed E-state index contributed by atoms with van der Waals surface area (Å²) in [7, 11) is 1.86. The molecule has 4 nitrogen and oxygen atoms in total. The van der Waals surface area contributed by atoms with Gasteiger partial charge in [0.1, 0.15) is 5.69 Å². The number of hydrogen-bond acceptors (Lipinski definition) is 3. The van der Waals surface area contributed by atoms with Crippen LogP contribution in [0, 0.1) is 13.8 Å². The van der Waals surface area contributed by atoms with E-state index >= 15 is 0 Å². The molecule has 0 unspecified atom stereocenters. The highest BCUT2D eigenvalue weighted by molar-refractivity contribution is 7.15. The maximum Gasteiger partial charge on any atom is 0.271 e. The lowest BCUT2D eigenvalue weighted by Gasteiger charge is -2.16. The van der Waals surface area contributed by atoms with Crippen molar-refractivity contribution in [3.63, 3.8) is 0 Å². The summed E-state index contributed by atoms with van der Waals surface area (Å²) in [4.78, 5) is 20.4. The smallest absolute Gasteiger partial charge is 0.271 e. The monoisotopic (exact) mass is 389 g/mol. The van der Waals surface area contributed by atoms with Crippen molar-refractivity contribution in [2.24, 2.45) is 0 Å². The van der Waals surface area contributed by atoms with Gasteiger partial charge in [-0.15, -0.1) is 11.3 Å². The molecule has 5 heteroatoms. The van der Waals surface area contributed by atoms with Crippen molar-refractivity contribution in [1.29, 1.82) is 0 Å². The van der Waals surface area contributed by atoms with Gasteiger partial charge in [0.05, 0.1) is 5.69 Å². The standard InChI is InChI=1S/C23H23N3OS/c1-16-9-10-17(2)19(13-16)20-14-26-21(15-28-23(26)24-20)22(27)25(3)12-11-18-7-5-4-6-8-18/h4-10,13-15H,11-12H2,1-3H3. The zero-order chi connectivity index (χ0) is 19.7. The Balaban J connectivity index is 1.58. The summed E-state index contributed by atoms with van der Waals surface area (Å²) in [5, 5.41) is 1.90. The molecule has 4 rings (SSSR count). The quantitative estimate of drug-likeness (QED) is 0.482. The first kappa shape index (κ1) is 18.4. The molecule has 0 fully saturated rings. The second-order valence-corrected chi connectivity index (χ2v) is 8.02. The van der Waals surface area contributed by atoms with Crippen LogP contribution in [-0.2, 0) is 6.42 Å². The van der Waals surface area contributed by atoms with E-state index in [0.29, 0.717) is 12.2 Å². The van der Waals surface area contributed by atoms with Crippen LogP contribution in [0.15, 0.2) is 60.1 Å². The molecule has 2 aromatic carbocycles. The zero-order valence-electron chi connectivity index (χ0n) is 16.3. The number of hydrogen-bond donors (Lipinski definition) is 0. The van der Waals surface area contributed by atoms with Crippen molar-refractivity contribution < 1.29 is 4.79 Å². The fraction of sp³-hybridized carbons (Fsp3) is 0.217. The molecule has 0 atom stereocenters. The summed E-state index contributed by atoms with van der Waals surface area (Å²) in [5.41, 5.74) is 6.32. The third-order valence-electron chi connectivity index (χ3n) is 5.02. The van der Waals surface area contributed by atoms with E-state index in [4.69, 9.17) is 4.98 Å². The van der Waals surface area contributed by atoms with E-state index in [2.05, 4.69) is 44.2 Å². The number of fused-ring (bicyclic) bond motifs is 1. The predicted molar refractivity (Wildman–Crippen MR) is 115 cm³/mol. The highest BCUT2D eigenvalue weighted by atomic mass is 32.1. The van der Waals surface area contributed by atoms with Gasteiger partial charge in [0.15, 0.2) is 4.96 Å². The minimum absolute atomic E-state index is 0.0205. The Bertz CT molecular complexity index is 1130. The minimum atomic E-state index is 0.0205. The van der Waals surface area contributed by atoms with Crippen LogP contribution in [-0.4, -0.2) is 33.8 Å². The molecule has 0 spiro atoms. The summed E-state index contributed by atoms with van der Waals surface area (Å²) in [6.07, 6.45) is 2.82. The first-order valence-corrected chi connectivity index (χ1v) is 10.2. The van der Waals surface area contributed by atoms with Gasteiger partial charge in [-0.05, 0) is 37.5 Å². The van der Waals surface area contributed by atoms with Gasteiger partial charge in [-0.3, -0.25) is 9.20 Å². The second-order valence-electron chi connectivity index (χ2n) is 7.18. The summed E-state index contributed by atoms with van der Waals surface area (Å²) >= 11 is 1.50. The molecular weight excluding hydrogens is 366 g/mol. The van der Waals surface area contributed by atoms with Crippen molar-refractivity contribution >= 4 is 22.2 Å². The zero-order valence-corrected chi connectivity index (χ0v) is 17.2. The fourth-order valence-corrected chi connectivity index (χ4v) is 4.16. The molecule has 0 radical (unpaired) electrons. The molecule has 2 heterocycles. The van der Waals surface area contributed by atoms with Gasteiger partial charge >= 0.3 is 0 Å². The van der Waals surface area contributed by atoms with Crippen LogP contribution in [0.3, 0.4) is 0 Å². The van der Waals surface area contributed by atoms with Crippen LogP contribution in [0.2, 0.25) is 0 Å². The van der Waals surface area contributed by atoms with E-state index in [1.54, 1.807) is 4.90 Å². The van der Waals surface area contributed by atoms with Crippen LogP contribution in [0.1, 0.15) is 27.2 Å². The van der Waals surface area contributed by atoms with Crippen LogP contribution in [0.4, 0.5) is 0 Å². The molecule has 4 aromatic rings. The molecule has 0 aliphatic rings. The number of carbonyl (C=O) groups excluding carboxylic acids is 1. The molecule has 0 saturated heterocycles. The van der Waals surface area contributed by atoms with Crippen LogP contribution >= 0.6 is 11.3 Å². The Kier molecular flexibility index (Phi) is 5.01. The Hall–Kier alpha value is -2.92. The average molecular weight is 390 g/mol. The Labute approximate surface area is 169 Å². The molecule has 142 valence electrons. The van der Waals surface area contributed by atoms with Crippen LogP contribution < -0.4 is 0 Å². The SMILES string of the molecule is Cc1ccc(C)c(-c2cn3c(C(=O)N(C)CCc4ccccc4)csc3n2)c1. The van der Waals surface area contributed by atoms with E-state index in [0.717, 1.165) is 22.6 Å². The summed E-state index contributed by atoms with van der Waals surface area (Å²) in [6, 6.07) is 16.6. The molecule has 1 amide bonds. The summed E-state index contributed by atoms with van der Waals surface area (Å²) < 4.78 is 1.92. The van der Waals surface area contributed by atoms with Crippen LogP contribution in [0.5, 0.6) is 0 Å². The number of aryl methyl sites for hydroxylation is 2. The third kappa shape index (κ3) is 3.58. The average Bonchev–Trinajstić information content (AvgIpc) is 3.29. The number of aromatic nitrogens is 2. The highest BCUT2D eigenvalue weighted by Gasteiger charge is 2.19. The van der Waals surface area contributed by atoms with E-state index in [1.165, 1.54) is 28.0 Å². The van der Waals surface area contributed by atoms with Crippen molar-refractivity contribution in [3.8, 4) is 11.3 Å². The van der Waals surface area contributed by atoms with Gasteiger partial charge in [-0.1, -0.05) is 48.0 Å². The number of benzene rings is 2. The van der Waals surface area contributed by atoms with Crippen molar-refractivity contribution in [1.82, 2.24) is 14.3 Å². The normalized spacial score (nSPS) is 11.1. The Morgan fingerprint density at radius 3 is 2.71 bits per heavy atom. The van der Waals surface area contributed by atoms with Gasteiger partial charge in [0, 0.05) is 30.7 Å². The number of carbonyl (C=O) groups is 1. The van der Waals surface area contributed by atoms with E-state index in [-0.39, 0.29) is 5.91 Å². The lowest BCUT2D eigenvalue weighted by Crippen LogP contribution is -2.29. The van der Waals surface area contributed by atoms with Gasteiger partial charge in [-0.25, -0.2) is 4.98 Å². The molecule has 0 aliphatic carbocycles. The second kappa shape index (κ2) is 7.60. The minimum Gasteiger partial charge on any atom is -0.340 e. The maximum absolute atomic E-state index is 13.0. The third-order valence-corrected chi connectivity index (χ3v) is 5.86. The number of likely N-dealkylation sites (N-methyl/N-ethyl adjacent to an activating group) is 1. The number of rotatable bonds is 5. The largest absolute Gasteiger partial charge is 0.340 e. The Morgan fingerprint density at radius 2 is 1.93 bits per heavy atom. The number of amides is 1. The lowest BCUT2D eigenvalue weighted by molar-refractivity contribution is 0.0790. The molecule has 0 aliphatic heterocycles. The molecule has 2 aromatic heterocycles. The first-order chi connectivity index (χ1) is 13.5. The molecule has 0 saturated carbocycles. The van der Waals surface area contributed by atoms with E-state index < -0.39 is 0 Å². The van der Waals surface area contributed by atoms with Gasteiger partial charge < -0.3 is 4.90 Å². The van der Waals surface area contributed by atoms with Crippen molar-refractivity contribution in [2.45, 2.75) is 20.3 Å². The topological polar surface area (TPSA) is 37.6 Å². The number of imidazole rings is 1.